The first-order valence-electron chi connectivity index (χ1n) is 9.05. The van der Waals surface area contributed by atoms with Crippen molar-refractivity contribution in [3.05, 3.63) is 69.5 Å². The van der Waals surface area contributed by atoms with Crippen molar-refractivity contribution in [1.29, 1.82) is 0 Å². The van der Waals surface area contributed by atoms with Crippen molar-refractivity contribution in [2.75, 3.05) is 5.75 Å². The SMILES string of the molecule is CC(C)n1c(SCC(=O)N[C@@H](C)c2ccc(Cl)cc2)nc2ccccc2c1=O. The fourth-order valence-electron chi connectivity index (χ4n) is 2.93. The van der Waals surface area contributed by atoms with Gasteiger partial charge in [-0.15, -0.1) is 0 Å². The lowest BCUT2D eigenvalue weighted by Gasteiger charge is -2.17. The molecule has 1 N–H and O–H groups in total. The molecule has 0 aliphatic carbocycles. The normalized spacial score (nSPS) is 12.3. The zero-order valence-electron chi connectivity index (χ0n) is 16.0. The standard InChI is InChI=1S/C21H22ClN3O2S/c1-13(2)25-20(27)17-6-4-5-7-18(17)24-21(25)28-12-19(26)23-14(3)15-8-10-16(22)11-9-15/h4-11,13-14H,12H2,1-3H3,(H,23,26)/t14-/m0/s1. The van der Waals surface area contributed by atoms with Gasteiger partial charge in [0.15, 0.2) is 5.16 Å². The van der Waals surface area contributed by atoms with E-state index in [0.29, 0.717) is 21.1 Å². The van der Waals surface area contributed by atoms with Crippen molar-refractivity contribution >= 4 is 40.2 Å². The minimum atomic E-state index is -0.137. The molecule has 146 valence electrons. The molecule has 0 saturated heterocycles. The van der Waals surface area contributed by atoms with E-state index >= 15 is 0 Å². The summed E-state index contributed by atoms with van der Waals surface area (Å²) in [4.78, 5) is 29.9. The number of carbonyl (C=O) groups is 1. The molecule has 0 aliphatic rings. The summed E-state index contributed by atoms with van der Waals surface area (Å²) < 4.78 is 1.64. The predicted molar refractivity (Wildman–Crippen MR) is 115 cm³/mol. The number of para-hydroxylation sites is 1. The first-order chi connectivity index (χ1) is 13.4. The van der Waals surface area contributed by atoms with Crippen molar-refractivity contribution in [1.82, 2.24) is 14.9 Å². The van der Waals surface area contributed by atoms with E-state index in [9.17, 15) is 9.59 Å². The van der Waals surface area contributed by atoms with Crippen LogP contribution in [0, 0.1) is 0 Å². The predicted octanol–water partition coefficient (Wildman–Crippen LogP) is 4.60. The molecule has 0 bridgehead atoms. The maximum Gasteiger partial charge on any atom is 0.262 e. The van der Waals surface area contributed by atoms with Crippen LogP contribution in [-0.2, 0) is 4.79 Å². The molecule has 28 heavy (non-hydrogen) atoms. The second kappa shape index (κ2) is 8.80. The van der Waals surface area contributed by atoms with Gasteiger partial charge in [-0.2, -0.15) is 0 Å². The van der Waals surface area contributed by atoms with Crippen molar-refractivity contribution < 1.29 is 4.79 Å². The lowest BCUT2D eigenvalue weighted by atomic mass is 10.1. The van der Waals surface area contributed by atoms with Crippen LogP contribution in [0.1, 0.15) is 38.4 Å². The monoisotopic (exact) mass is 415 g/mol. The Kier molecular flexibility index (Phi) is 6.42. The smallest absolute Gasteiger partial charge is 0.262 e. The van der Waals surface area contributed by atoms with Crippen LogP contribution in [0.4, 0.5) is 0 Å². The van der Waals surface area contributed by atoms with Gasteiger partial charge in [-0.05, 0) is 50.6 Å². The zero-order chi connectivity index (χ0) is 20.3. The molecule has 1 atom stereocenters. The molecule has 3 rings (SSSR count). The molecule has 0 fully saturated rings. The van der Waals surface area contributed by atoms with Gasteiger partial charge in [0.1, 0.15) is 0 Å². The first-order valence-corrected chi connectivity index (χ1v) is 10.4. The minimum Gasteiger partial charge on any atom is -0.349 e. The van der Waals surface area contributed by atoms with Crippen molar-refractivity contribution in [3.8, 4) is 0 Å². The van der Waals surface area contributed by atoms with Gasteiger partial charge in [0.25, 0.3) is 5.56 Å². The van der Waals surface area contributed by atoms with E-state index in [0.717, 1.165) is 5.56 Å². The van der Waals surface area contributed by atoms with Crippen LogP contribution in [0.3, 0.4) is 0 Å². The third-order valence-corrected chi connectivity index (χ3v) is 5.58. The van der Waals surface area contributed by atoms with Gasteiger partial charge in [0.05, 0.1) is 22.7 Å². The van der Waals surface area contributed by atoms with Gasteiger partial charge in [-0.1, -0.05) is 47.6 Å². The molecule has 0 saturated carbocycles. The highest BCUT2D eigenvalue weighted by Crippen LogP contribution is 2.21. The number of benzene rings is 2. The number of fused-ring (bicyclic) bond motifs is 1. The molecule has 0 spiro atoms. The van der Waals surface area contributed by atoms with Gasteiger partial charge < -0.3 is 5.32 Å². The van der Waals surface area contributed by atoms with Crippen molar-refractivity contribution in [3.63, 3.8) is 0 Å². The zero-order valence-corrected chi connectivity index (χ0v) is 17.6. The summed E-state index contributed by atoms with van der Waals surface area (Å²) in [6, 6.07) is 14.5. The number of nitrogens with one attached hydrogen (secondary N) is 1. The number of rotatable bonds is 6. The molecule has 0 unspecified atom stereocenters. The van der Waals surface area contributed by atoms with E-state index < -0.39 is 0 Å². The summed E-state index contributed by atoms with van der Waals surface area (Å²) in [5, 5.41) is 4.76. The maximum absolute atomic E-state index is 12.8. The molecule has 1 heterocycles. The van der Waals surface area contributed by atoms with Crippen LogP contribution in [-0.4, -0.2) is 21.2 Å². The molecule has 7 heteroatoms. The number of amides is 1. The van der Waals surface area contributed by atoms with Crippen LogP contribution in [0.2, 0.25) is 5.02 Å². The van der Waals surface area contributed by atoms with E-state index in [4.69, 9.17) is 11.6 Å². The Morgan fingerprint density at radius 2 is 1.82 bits per heavy atom. The minimum absolute atomic E-state index is 0.0526. The topological polar surface area (TPSA) is 64.0 Å². The summed E-state index contributed by atoms with van der Waals surface area (Å²) in [5.74, 6) is 0.0558. The molecule has 5 nitrogen and oxygen atoms in total. The number of hydrogen-bond acceptors (Lipinski definition) is 4. The third kappa shape index (κ3) is 4.56. The number of nitrogens with zero attached hydrogens (tertiary/aromatic N) is 2. The molecule has 3 aromatic rings. The number of hydrogen-bond donors (Lipinski definition) is 1. The first kappa shape index (κ1) is 20.4. The third-order valence-electron chi connectivity index (χ3n) is 4.37. The van der Waals surface area contributed by atoms with Gasteiger partial charge in [0.2, 0.25) is 5.91 Å². The molecular formula is C21H22ClN3O2S. The van der Waals surface area contributed by atoms with Crippen LogP contribution >= 0.6 is 23.4 Å². The Morgan fingerprint density at radius 1 is 1.14 bits per heavy atom. The Balaban J connectivity index is 1.75. The highest BCUT2D eigenvalue weighted by Gasteiger charge is 2.16. The fourth-order valence-corrected chi connectivity index (χ4v) is 4.00. The van der Waals surface area contributed by atoms with Crippen molar-refractivity contribution in [2.24, 2.45) is 0 Å². The molecule has 1 amide bonds. The summed E-state index contributed by atoms with van der Waals surface area (Å²) in [5.41, 5.74) is 1.53. The van der Waals surface area contributed by atoms with Gasteiger partial charge in [-0.25, -0.2) is 4.98 Å². The van der Waals surface area contributed by atoms with E-state index in [-0.39, 0.29) is 29.3 Å². The van der Waals surface area contributed by atoms with Crippen molar-refractivity contribution in [2.45, 2.75) is 38.0 Å². The average Bonchev–Trinajstić information content (AvgIpc) is 2.66. The molecule has 1 aromatic heterocycles. The largest absolute Gasteiger partial charge is 0.349 e. The van der Waals surface area contributed by atoms with E-state index in [1.807, 2.05) is 51.1 Å². The molecule has 2 aromatic carbocycles. The van der Waals surface area contributed by atoms with E-state index in [2.05, 4.69) is 10.3 Å². The molecular weight excluding hydrogens is 394 g/mol. The van der Waals surface area contributed by atoms with Crippen LogP contribution < -0.4 is 10.9 Å². The quantitative estimate of drug-likeness (QED) is 0.472. The Morgan fingerprint density at radius 3 is 2.50 bits per heavy atom. The Labute approximate surface area is 173 Å². The molecule has 0 radical (unpaired) electrons. The fraction of sp³-hybridized carbons (Fsp3) is 0.286. The lowest BCUT2D eigenvalue weighted by Crippen LogP contribution is -2.29. The Hall–Kier alpha value is -2.31. The van der Waals surface area contributed by atoms with E-state index in [1.165, 1.54) is 11.8 Å². The highest BCUT2D eigenvalue weighted by atomic mass is 35.5. The summed E-state index contributed by atoms with van der Waals surface area (Å²) >= 11 is 7.18. The lowest BCUT2D eigenvalue weighted by molar-refractivity contribution is -0.119. The average molecular weight is 416 g/mol. The summed E-state index contributed by atoms with van der Waals surface area (Å²) in [6.45, 7) is 5.79. The number of aromatic nitrogens is 2. The Bertz CT molecular complexity index is 1050. The van der Waals surface area contributed by atoms with Crippen LogP contribution in [0.25, 0.3) is 10.9 Å². The van der Waals surface area contributed by atoms with Crippen LogP contribution in [0.15, 0.2) is 58.5 Å². The second-order valence-electron chi connectivity index (χ2n) is 6.81. The van der Waals surface area contributed by atoms with Gasteiger partial charge >= 0.3 is 0 Å². The summed E-state index contributed by atoms with van der Waals surface area (Å²) in [7, 11) is 0. The maximum atomic E-state index is 12.8. The highest BCUT2D eigenvalue weighted by molar-refractivity contribution is 7.99. The van der Waals surface area contributed by atoms with Crippen LogP contribution in [0.5, 0.6) is 0 Å². The molecule has 0 aliphatic heterocycles. The summed E-state index contributed by atoms with van der Waals surface area (Å²) in [6.07, 6.45) is 0. The number of halogens is 1. The van der Waals surface area contributed by atoms with Gasteiger partial charge in [-0.3, -0.25) is 14.2 Å². The van der Waals surface area contributed by atoms with Gasteiger partial charge in [0, 0.05) is 11.1 Å². The number of carbonyl (C=O) groups excluding carboxylic acids is 1. The second-order valence-corrected chi connectivity index (χ2v) is 8.19. The number of thioether (sulfide) groups is 1. The van der Waals surface area contributed by atoms with E-state index in [1.54, 1.807) is 22.8 Å².